The van der Waals surface area contributed by atoms with Crippen molar-refractivity contribution in [2.75, 3.05) is 13.2 Å². The summed E-state index contributed by atoms with van der Waals surface area (Å²) >= 11 is 0. The SMILES string of the molecule is Cc1ccc(C)c(C(=O)COC(=O)CCN2C(=O)[C@H]3CC=CC[C@H]3C2=O)c1. The second kappa shape index (κ2) is 7.86. The third-order valence-corrected chi connectivity index (χ3v) is 5.20. The molecule has 0 unspecified atom stereocenters. The van der Waals surface area contributed by atoms with Crippen LogP contribution in [0.4, 0.5) is 0 Å². The molecule has 0 spiro atoms. The van der Waals surface area contributed by atoms with Crippen LogP contribution in [0.1, 0.15) is 40.7 Å². The number of ether oxygens (including phenoxy) is 1. The van der Waals surface area contributed by atoms with Gasteiger partial charge in [0.25, 0.3) is 0 Å². The molecule has 6 heteroatoms. The standard InChI is InChI=1S/C21H23NO5/c1-13-7-8-14(2)17(11-13)18(23)12-27-19(24)9-10-22-20(25)15-5-3-4-6-16(15)21(22)26/h3-4,7-8,11,15-16H,5-6,9-10,12H2,1-2H3/t15-,16+. The van der Waals surface area contributed by atoms with Crippen LogP contribution in [-0.4, -0.2) is 41.6 Å². The van der Waals surface area contributed by atoms with Crippen molar-refractivity contribution < 1.29 is 23.9 Å². The Morgan fingerprint density at radius 2 is 1.70 bits per heavy atom. The first kappa shape index (κ1) is 19.0. The molecule has 1 heterocycles. The second-order valence-corrected chi connectivity index (χ2v) is 7.14. The van der Waals surface area contributed by atoms with Crippen LogP contribution in [0.2, 0.25) is 0 Å². The third-order valence-electron chi connectivity index (χ3n) is 5.20. The van der Waals surface area contributed by atoms with E-state index < -0.39 is 5.97 Å². The Kier molecular flexibility index (Phi) is 5.54. The Balaban J connectivity index is 1.50. The minimum Gasteiger partial charge on any atom is -0.457 e. The van der Waals surface area contributed by atoms with Crippen molar-refractivity contribution in [2.45, 2.75) is 33.1 Å². The van der Waals surface area contributed by atoms with Crippen molar-refractivity contribution >= 4 is 23.6 Å². The van der Waals surface area contributed by atoms with Crippen molar-refractivity contribution in [2.24, 2.45) is 11.8 Å². The van der Waals surface area contributed by atoms with Gasteiger partial charge in [-0.25, -0.2) is 0 Å². The van der Waals surface area contributed by atoms with E-state index in [1.807, 2.05) is 38.1 Å². The largest absolute Gasteiger partial charge is 0.457 e. The Hall–Kier alpha value is -2.76. The van der Waals surface area contributed by atoms with E-state index in [2.05, 4.69) is 0 Å². The van der Waals surface area contributed by atoms with Crippen molar-refractivity contribution in [3.63, 3.8) is 0 Å². The molecular formula is C21H23NO5. The van der Waals surface area contributed by atoms with E-state index in [-0.39, 0.29) is 49.0 Å². The van der Waals surface area contributed by atoms with Gasteiger partial charge in [-0.2, -0.15) is 0 Å². The molecule has 6 nitrogen and oxygen atoms in total. The molecule has 1 aromatic carbocycles. The summed E-state index contributed by atoms with van der Waals surface area (Å²) in [5, 5.41) is 0. The lowest BCUT2D eigenvalue weighted by atomic mass is 9.85. The number of carbonyl (C=O) groups excluding carboxylic acids is 4. The number of nitrogens with zero attached hydrogens (tertiary/aromatic N) is 1. The second-order valence-electron chi connectivity index (χ2n) is 7.14. The van der Waals surface area contributed by atoms with Crippen molar-refractivity contribution in [3.8, 4) is 0 Å². The molecule has 1 saturated heterocycles. The molecule has 27 heavy (non-hydrogen) atoms. The van der Waals surface area contributed by atoms with Crippen molar-refractivity contribution in [3.05, 3.63) is 47.0 Å². The van der Waals surface area contributed by atoms with Crippen LogP contribution in [0.15, 0.2) is 30.4 Å². The molecule has 0 saturated carbocycles. The first-order valence-corrected chi connectivity index (χ1v) is 9.14. The number of fused-ring (bicyclic) bond motifs is 1. The smallest absolute Gasteiger partial charge is 0.308 e. The Morgan fingerprint density at radius 1 is 1.07 bits per heavy atom. The fourth-order valence-corrected chi connectivity index (χ4v) is 3.62. The number of rotatable bonds is 6. The average molecular weight is 369 g/mol. The summed E-state index contributed by atoms with van der Waals surface area (Å²) in [6.45, 7) is 3.37. The number of allylic oxidation sites excluding steroid dienone is 2. The van der Waals surface area contributed by atoms with Gasteiger partial charge in [0.2, 0.25) is 17.6 Å². The summed E-state index contributed by atoms with van der Waals surface area (Å²) in [6, 6.07) is 5.53. The zero-order chi connectivity index (χ0) is 19.6. The molecule has 0 radical (unpaired) electrons. The Bertz CT molecular complexity index is 800. The normalized spacial score (nSPS) is 21.3. The number of hydrogen-bond acceptors (Lipinski definition) is 5. The number of amides is 2. The quantitative estimate of drug-likeness (QED) is 0.333. The molecule has 0 bridgehead atoms. The number of Topliss-reactive ketones (excluding diaryl/α,β-unsaturated/α-hetero) is 1. The van der Waals surface area contributed by atoms with Gasteiger partial charge in [0.15, 0.2) is 6.61 Å². The predicted molar refractivity (Wildman–Crippen MR) is 97.9 cm³/mol. The monoisotopic (exact) mass is 369 g/mol. The van der Waals surface area contributed by atoms with Crippen LogP contribution in [0.25, 0.3) is 0 Å². The first-order valence-electron chi connectivity index (χ1n) is 9.14. The zero-order valence-corrected chi connectivity index (χ0v) is 15.6. The summed E-state index contributed by atoms with van der Waals surface area (Å²) in [4.78, 5) is 50.1. The molecule has 1 aliphatic carbocycles. The lowest BCUT2D eigenvalue weighted by Gasteiger charge is -2.14. The van der Waals surface area contributed by atoms with Crippen molar-refractivity contribution in [1.29, 1.82) is 0 Å². The highest BCUT2D eigenvalue weighted by Gasteiger charge is 2.46. The van der Waals surface area contributed by atoms with E-state index in [1.165, 1.54) is 0 Å². The van der Waals surface area contributed by atoms with Crippen LogP contribution in [0.5, 0.6) is 0 Å². The summed E-state index contributed by atoms with van der Waals surface area (Å²) in [7, 11) is 0. The number of imide groups is 1. The number of likely N-dealkylation sites (tertiary alicyclic amines) is 1. The van der Waals surface area contributed by atoms with Gasteiger partial charge in [-0.15, -0.1) is 0 Å². The van der Waals surface area contributed by atoms with Crippen molar-refractivity contribution in [1.82, 2.24) is 4.90 Å². The number of esters is 1. The fourth-order valence-electron chi connectivity index (χ4n) is 3.62. The van der Waals surface area contributed by atoms with E-state index in [1.54, 1.807) is 6.07 Å². The van der Waals surface area contributed by atoms with E-state index in [0.29, 0.717) is 18.4 Å². The van der Waals surface area contributed by atoms with Gasteiger partial charge in [-0.3, -0.25) is 24.1 Å². The fraction of sp³-hybridized carbons (Fsp3) is 0.429. The van der Waals surface area contributed by atoms with E-state index >= 15 is 0 Å². The minimum atomic E-state index is -0.595. The van der Waals surface area contributed by atoms with Gasteiger partial charge in [0, 0.05) is 12.1 Å². The highest BCUT2D eigenvalue weighted by Crippen LogP contribution is 2.35. The lowest BCUT2D eigenvalue weighted by Crippen LogP contribution is -2.33. The average Bonchev–Trinajstić information content (AvgIpc) is 2.91. The lowest BCUT2D eigenvalue weighted by molar-refractivity contribution is -0.145. The van der Waals surface area contributed by atoms with E-state index in [9.17, 15) is 19.2 Å². The number of hydrogen-bond donors (Lipinski definition) is 0. The van der Waals surface area contributed by atoms with Gasteiger partial charge in [0.05, 0.1) is 18.3 Å². The summed E-state index contributed by atoms with van der Waals surface area (Å²) in [5.74, 6) is -1.90. The van der Waals surface area contributed by atoms with Crippen LogP contribution >= 0.6 is 0 Å². The maximum atomic E-state index is 12.3. The van der Waals surface area contributed by atoms with Crippen LogP contribution in [0, 0.1) is 25.7 Å². The Labute approximate surface area is 158 Å². The van der Waals surface area contributed by atoms with Crippen LogP contribution < -0.4 is 0 Å². The molecule has 0 N–H and O–H groups in total. The summed E-state index contributed by atoms with van der Waals surface area (Å²) in [6.07, 6.45) is 4.87. The van der Waals surface area contributed by atoms with Gasteiger partial charge in [-0.05, 0) is 38.3 Å². The number of carbonyl (C=O) groups is 4. The van der Waals surface area contributed by atoms with Crippen LogP contribution in [-0.2, 0) is 19.1 Å². The first-order chi connectivity index (χ1) is 12.9. The van der Waals surface area contributed by atoms with E-state index in [4.69, 9.17) is 4.74 Å². The molecule has 3 rings (SSSR count). The van der Waals surface area contributed by atoms with Crippen LogP contribution in [0.3, 0.4) is 0 Å². The molecule has 2 amide bonds. The highest BCUT2D eigenvalue weighted by molar-refractivity contribution is 6.05. The topological polar surface area (TPSA) is 80.8 Å². The number of benzene rings is 1. The zero-order valence-electron chi connectivity index (χ0n) is 15.6. The molecule has 1 aromatic rings. The van der Waals surface area contributed by atoms with E-state index in [0.717, 1.165) is 16.0 Å². The Morgan fingerprint density at radius 3 is 2.33 bits per heavy atom. The van der Waals surface area contributed by atoms with Gasteiger partial charge in [-0.1, -0.05) is 29.8 Å². The predicted octanol–water partition coefficient (Wildman–Crippen LogP) is 2.37. The highest BCUT2D eigenvalue weighted by atomic mass is 16.5. The maximum absolute atomic E-state index is 12.3. The summed E-state index contributed by atoms with van der Waals surface area (Å²) < 4.78 is 5.05. The minimum absolute atomic E-state index is 0.00115. The molecular weight excluding hydrogens is 346 g/mol. The number of ketones is 1. The molecule has 1 fully saturated rings. The third kappa shape index (κ3) is 3.99. The molecule has 2 aliphatic rings. The molecule has 2 atom stereocenters. The maximum Gasteiger partial charge on any atom is 0.308 e. The van der Waals surface area contributed by atoms with Gasteiger partial charge in [0.1, 0.15) is 0 Å². The number of aryl methyl sites for hydroxylation is 2. The molecule has 142 valence electrons. The van der Waals surface area contributed by atoms with Gasteiger partial charge < -0.3 is 4.74 Å². The summed E-state index contributed by atoms with van der Waals surface area (Å²) in [5.41, 5.74) is 2.31. The molecule has 0 aromatic heterocycles. The van der Waals surface area contributed by atoms with Gasteiger partial charge >= 0.3 is 5.97 Å². The molecule has 1 aliphatic heterocycles.